The van der Waals surface area contributed by atoms with E-state index in [0.717, 1.165) is 4.57 Å². The number of aromatic amines is 1. The minimum Gasteiger partial charge on any atom is -0.503 e. The van der Waals surface area contributed by atoms with E-state index >= 15 is 0 Å². The summed E-state index contributed by atoms with van der Waals surface area (Å²) in [6, 6.07) is 1.17. The van der Waals surface area contributed by atoms with Crippen LogP contribution in [0, 0.1) is 0 Å². The van der Waals surface area contributed by atoms with Gasteiger partial charge < -0.3 is 28.7 Å². The second-order valence-corrected chi connectivity index (χ2v) is 5.91. The maximum atomic E-state index is 11.9. The molecular weight excluding hydrogens is 343 g/mol. The number of nitrogens with one attached hydrogen (secondary N) is 1. The largest absolute Gasteiger partial charge is 0.503 e. The maximum Gasteiger partial charge on any atom is 0.330 e. The van der Waals surface area contributed by atoms with Crippen LogP contribution in [0.1, 0.15) is 6.23 Å². The Morgan fingerprint density at radius 3 is 2.54 bits per heavy atom. The first-order chi connectivity index (χ1) is 11.4. The molecule has 10 nitrogen and oxygen atoms in total. The molecule has 136 valence electrons. The lowest BCUT2D eigenvalue weighted by atomic mass is 10.3. The highest BCUT2D eigenvalue weighted by Gasteiger charge is 2.20. The van der Waals surface area contributed by atoms with Crippen molar-refractivity contribution in [2.24, 2.45) is 0 Å². The van der Waals surface area contributed by atoms with Gasteiger partial charge in [-0.1, -0.05) is 0 Å². The number of aromatic nitrogens is 2. The van der Waals surface area contributed by atoms with Gasteiger partial charge in [0.25, 0.3) is 5.56 Å². The zero-order valence-corrected chi connectivity index (χ0v) is 14.4. The lowest BCUT2D eigenvalue weighted by Crippen LogP contribution is -2.36. The van der Waals surface area contributed by atoms with E-state index in [-0.39, 0.29) is 13.2 Å². The fourth-order valence-corrected chi connectivity index (χ4v) is 2.28. The number of hydrogen-bond acceptors (Lipinski definition) is 8. The molecule has 0 aromatic carbocycles. The van der Waals surface area contributed by atoms with Gasteiger partial charge in [0.1, 0.15) is 6.10 Å². The summed E-state index contributed by atoms with van der Waals surface area (Å²) < 4.78 is 21.5. The summed E-state index contributed by atoms with van der Waals surface area (Å²) in [5, 5.41) is 9.75. The molecule has 0 radical (unpaired) electrons. The Hall–Kier alpha value is -1.55. The molecule has 0 aliphatic carbocycles. The Balaban J connectivity index is 3.05. The Morgan fingerprint density at radius 1 is 1.33 bits per heavy atom. The van der Waals surface area contributed by atoms with Crippen LogP contribution in [0.15, 0.2) is 33.4 Å². The van der Waals surface area contributed by atoms with Gasteiger partial charge in [0, 0.05) is 33.6 Å². The molecule has 1 heterocycles. The minimum absolute atomic E-state index is 0.00106. The molecule has 0 aliphatic heterocycles. The summed E-state index contributed by atoms with van der Waals surface area (Å²) in [4.78, 5) is 34.6. The Kier molecular flexibility index (Phi) is 8.83. The van der Waals surface area contributed by atoms with E-state index in [4.69, 9.17) is 14.2 Å². The summed E-state index contributed by atoms with van der Waals surface area (Å²) in [5.41, 5.74) is -1.61. The number of rotatable bonds is 10. The van der Waals surface area contributed by atoms with Crippen molar-refractivity contribution in [2.75, 3.05) is 34.5 Å². The Labute approximate surface area is 139 Å². The molecular formula is C13H21N2O8P. The maximum absolute atomic E-state index is 11.9. The number of nitrogens with zero attached hydrogens (tertiary/aromatic N) is 1. The van der Waals surface area contributed by atoms with Crippen molar-refractivity contribution in [2.45, 2.75) is 12.3 Å². The van der Waals surface area contributed by atoms with Crippen LogP contribution >= 0.6 is 8.38 Å². The molecule has 0 saturated carbocycles. The number of methoxy groups -OCH3 is 2. The molecule has 0 saturated heterocycles. The Bertz CT molecular complexity index is 643. The van der Waals surface area contributed by atoms with E-state index in [0.29, 0.717) is 0 Å². The minimum atomic E-state index is -2.15. The Morgan fingerprint density at radius 2 is 2.00 bits per heavy atom. The summed E-state index contributed by atoms with van der Waals surface area (Å²) in [5.74, 6) is 0. The van der Waals surface area contributed by atoms with Crippen LogP contribution in [-0.2, 0) is 18.7 Å². The van der Waals surface area contributed by atoms with Crippen LogP contribution in [0.2, 0.25) is 0 Å². The summed E-state index contributed by atoms with van der Waals surface area (Å²) in [6.45, 7) is 0.0359. The summed E-state index contributed by atoms with van der Waals surface area (Å²) in [7, 11) is 1.95. The van der Waals surface area contributed by atoms with Gasteiger partial charge >= 0.3 is 5.69 Å². The van der Waals surface area contributed by atoms with Crippen LogP contribution in [0.25, 0.3) is 0 Å². The monoisotopic (exact) mass is 364 g/mol. The third-order valence-electron chi connectivity index (χ3n) is 2.84. The molecule has 24 heavy (non-hydrogen) atoms. The average Bonchev–Trinajstić information content (AvgIpc) is 2.53. The normalized spacial score (nSPS) is 15.9. The smallest absolute Gasteiger partial charge is 0.330 e. The van der Waals surface area contributed by atoms with Crippen LogP contribution in [0.5, 0.6) is 0 Å². The van der Waals surface area contributed by atoms with Crippen LogP contribution in [0.4, 0.5) is 0 Å². The van der Waals surface area contributed by atoms with Crippen molar-refractivity contribution in [1.82, 2.24) is 9.55 Å². The number of aliphatic hydroxyl groups excluding tert-OH is 1. The van der Waals surface area contributed by atoms with Gasteiger partial charge in [-0.2, -0.15) is 0 Å². The highest BCUT2D eigenvalue weighted by Crippen LogP contribution is 2.38. The molecule has 3 atom stereocenters. The van der Waals surface area contributed by atoms with Crippen molar-refractivity contribution in [3.63, 3.8) is 0 Å². The van der Waals surface area contributed by atoms with Gasteiger partial charge in [-0.3, -0.25) is 14.3 Å². The first kappa shape index (κ1) is 20.5. The zero-order chi connectivity index (χ0) is 18.1. The van der Waals surface area contributed by atoms with E-state index in [1.54, 1.807) is 0 Å². The number of hydrogen-bond donors (Lipinski definition) is 3. The molecule has 0 spiro atoms. The summed E-state index contributed by atoms with van der Waals surface area (Å²) >= 11 is 0. The molecule has 0 bridgehead atoms. The van der Waals surface area contributed by atoms with Gasteiger partial charge in [0.05, 0.1) is 13.2 Å². The van der Waals surface area contributed by atoms with Crippen molar-refractivity contribution >= 4 is 8.38 Å². The molecule has 0 fully saturated rings. The standard InChI is InChI=1S/C13H21N2O8P/c1-20-7-9(6-12(17)24(19)22-3)23-11(8-21-2)15-5-4-10(16)14-13(15)18/h4-6,9,11,17,19H,7-8H2,1-3H3,(H,14,16,18)/b12-6+. The molecule has 1 aromatic rings. The predicted molar refractivity (Wildman–Crippen MR) is 85.8 cm³/mol. The number of H-pyrrole nitrogens is 1. The molecule has 1 aromatic heterocycles. The fourth-order valence-electron chi connectivity index (χ4n) is 1.80. The van der Waals surface area contributed by atoms with Crippen molar-refractivity contribution < 1.29 is 28.7 Å². The number of aliphatic hydroxyl groups is 1. The number of ether oxygens (including phenoxy) is 3. The van der Waals surface area contributed by atoms with Crippen LogP contribution < -0.4 is 11.2 Å². The highest BCUT2D eigenvalue weighted by molar-refractivity contribution is 7.50. The van der Waals surface area contributed by atoms with E-state index in [1.807, 2.05) is 0 Å². The predicted octanol–water partition coefficient (Wildman–Crippen LogP) is 0.0632. The van der Waals surface area contributed by atoms with Crippen LogP contribution in [0.3, 0.4) is 0 Å². The van der Waals surface area contributed by atoms with E-state index < -0.39 is 37.5 Å². The SMILES string of the molecule is COCC(/C=C(\O)P(O)OC)OC(COC)n1ccc(=O)[nH]c1=O. The van der Waals surface area contributed by atoms with E-state index in [2.05, 4.69) is 9.51 Å². The van der Waals surface area contributed by atoms with Crippen LogP contribution in [-0.4, -0.2) is 60.2 Å². The third-order valence-corrected chi connectivity index (χ3v) is 3.72. The van der Waals surface area contributed by atoms with Crippen molar-refractivity contribution in [1.29, 1.82) is 0 Å². The summed E-state index contributed by atoms with van der Waals surface area (Å²) in [6.07, 6.45) is 0.794. The topological polar surface area (TPSA) is 132 Å². The van der Waals surface area contributed by atoms with Gasteiger partial charge in [-0.25, -0.2) is 4.79 Å². The lowest BCUT2D eigenvalue weighted by molar-refractivity contribution is -0.0923. The second-order valence-electron chi connectivity index (χ2n) is 4.54. The third kappa shape index (κ3) is 6.16. The molecule has 0 aliphatic rings. The van der Waals surface area contributed by atoms with Crippen molar-refractivity contribution in [3.8, 4) is 0 Å². The second kappa shape index (κ2) is 10.3. The molecule has 11 heteroatoms. The first-order valence-electron chi connectivity index (χ1n) is 6.81. The van der Waals surface area contributed by atoms with Gasteiger partial charge in [0.15, 0.2) is 11.7 Å². The quantitative estimate of drug-likeness (QED) is 0.392. The van der Waals surface area contributed by atoms with Crippen molar-refractivity contribution in [3.05, 3.63) is 44.7 Å². The van der Waals surface area contributed by atoms with Gasteiger partial charge in [0.2, 0.25) is 8.38 Å². The molecule has 3 unspecified atom stereocenters. The van der Waals surface area contributed by atoms with E-state index in [9.17, 15) is 19.6 Å². The molecule has 1 rings (SSSR count). The van der Waals surface area contributed by atoms with Gasteiger partial charge in [-0.05, 0) is 6.08 Å². The molecule has 0 amide bonds. The van der Waals surface area contributed by atoms with E-state index in [1.165, 1.54) is 39.7 Å². The highest BCUT2D eigenvalue weighted by atomic mass is 31.2. The average molecular weight is 364 g/mol. The van der Waals surface area contributed by atoms with Gasteiger partial charge in [-0.15, -0.1) is 0 Å². The first-order valence-corrected chi connectivity index (χ1v) is 8.02. The zero-order valence-electron chi connectivity index (χ0n) is 13.5. The molecule has 3 N–H and O–H groups in total. The lowest BCUT2D eigenvalue weighted by Gasteiger charge is -2.24. The fraction of sp³-hybridized carbons (Fsp3) is 0.538.